The van der Waals surface area contributed by atoms with Gasteiger partial charge < -0.3 is 5.32 Å². The Morgan fingerprint density at radius 1 is 0.939 bits per heavy atom. The van der Waals surface area contributed by atoms with E-state index in [2.05, 4.69) is 15.5 Å². The molecule has 0 aliphatic rings. The smallest absolute Gasteiger partial charge is 0.262 e. The number of carbonyl (C=O) groups excluding carboxylic acids is 1. The predicted octanol–water partition coefficient (Wildman–Crippen LogP) is 4.46. The lowest BCUT2D eigenvalue weighted by molar-refractivity contribution is -0.113. The molecule has 7 nitrogen and oxygen atoms in total. The summed E-state index contributed by atoms with van der Waals surface area (Å²) in [4.78, 5) is 27.4. The van der Waals surface area contributed by atoms with E-state index in [4.69, 9.17) is 0 Å². The van der Waals surface area contributed by atoms with Crippen molar-refractivity contribution in [3.05, 3.63) is 89.2 Å². The maximum Gasteiger partial charge on any atom is 0.262 e. The highest BCUT2D eigenvalue weighted by Gasteiger charge is 2.16. The van der Waals surface area contributed by atoms with Gasteiger partial charge in [0.25, 0.3) is 5.56 Å². The van der Waals surface area contributed by atoms with Gasteiger partial charge >= 0.3 is 0 Å². The second kappa shape index (κ2) is 9.13. The minimum absolute atomic E-state index is 0.132. The molecule has 0 atom stereocenters. The molecule has 0 radical (unpaired) electrons. The second-order valence-electron chi connectivity index (χ2n) is 7.25. The van der Waals surface area contributed by atoms with Gasteiger partial charge in [0.1, 0.15) is 0 Å². The summed E-state index contributed by atoms with van der Waals surface area (Å²) < 4.78 is 3.28. The van der Waals surface area contributed by atoms with Crippen LogP contribution in [0.5, 0.6) is 0 Å². The van der Waals surface area contributed by atoms with Crippen LogP contribution in [0.25, 0.3) is 16.7 Å². The molecular weight excluding hydrogens is 454 g/mol. The van der Waals surface area contributed by atoms with Gasteiger partial charge in [-0.25, -0.2) is 0 Å². The van der Waals surface area contributed by atoms with Crippen molar-refractivity contribution < 1.29 is 4.79 Å². The maximum atomic E-state index is 12.8. The number of carbonyl (C=O) groups is 1. The van der Waals surface area contributed by atoms with E-state index in [1.807, 2.05) is 77.2 Å². The Labute approximate surface area is 197 Å². The van der Waals surface area contributed by atoms with Gasteiger partial charge in [-0.2, -0.15) is 0 Å². The molecule has 0 saturated heterocycles. The second-order valence-corrected chi connectivity index (χ2v) is 9.31. The summed E-state index contributed by atoms with van der Waals surface area (Å²) in [5.41, 5.74) is 1.34. The lowest BCUT2D eigenvalue weighted by Crippen LogP contribution is -2.20. The Kier molecular flexibility index (Phi) is 5.89. The van der Waals surface area contributed by atoms with Crippen molar-refractivity contribution in [2.75, 3.05) is 11.1 Å². The SMILES string of the molecule is Cn1c(=O)c2ccccc2n2c(SCC(=O)Nc3ccccc3Sc3ccccc3)nnc12. The molecule has 33 heavy (non-hydrogen) atoms. The number of fused-ring (bicyclic) bond motifs is 3. The van der Waals surface area contributed by atoms with Crippen LogP contribution in [0.2, 0.25) is 0 Å². The van der Waals surface area contributed by atoms with Crippen molar-refractivity contribution in [3.8, 4) is 0 Å². The van der Waals surface area contributed by atoms with Crippen molar-refractivity contribution in [2.24, 2.45) is 7.05 Å². The molecule has 1 amide bonds. The highest BCUT2D eigenvalue weighted by molar-refractivity contribution is 8.00. The number of hydrogen-bond acceptors (Lipinski definition) is 6. The van der Waals surface area contributed by atoms with E-state index < -0.39 is 0 Å². The zero-order chi connectivity index (χ0) is 22.8. The number of thioether (sulfide) groups is 1. The fraction of sp³-hybridized carbons (Fsp3) is 0.0833. The van der Waals surface area contributed by atoms with Crippen LogP contribution < -0.4 is 10.9 Å². The summed E-state index contributed by atoms with van der Waals surface area (Å²) in [5.74, 6) is 0.445. The van der Waals surface area contributed by atoms with Crippen molar-refractivity contribution in [1.29, 1.82) is 0 Å². The zero-order valence-corrected chi connectivity index (χ0v) is 19.3. The van der Waals surface area contributed by atoms with E-state index in [0.29, 0.717) is 21.8 Å². The molecule has 0 saturated carbocycles. The van der Waals surface area contributed by atoms with E-state index in [0.717, 1.165) is 15.5 Å². The third-order valence-corrected chi connectivity index (χ3v) is 7.07. The monoisotopic (exact) mass is 473 g/mol. The molecule has 0 aliphatic carbocycles. The van der Waals surface area contributed by atoms with Gasteiger partial charge in [0, 0.05) is 16.8 Å². The molecule has 164 valence electrons. The molecule has 2 aromatic heterocycles. The Hall–Kier alpha value is -3.56. The van der Waals surface area contributed by atoms with E-state index in [1.54, 1.807) is 24.9 Å². The Bertz CT molecular complexity index is 1530. The summed E-state index contributed by atoms with van der Waals surface area (Å²) >= 11 is 2.88. The van der Waals surface area contributed by atoms with Crippen LogP contribution in [-0.2, 0) is 11.8 Å². The van der Waals surface area contributed by atoms with Crippen LogP contribution in [0.15, 0.2) is 98.6 Å². The van der Waals surface area contributed by atoms with Crippen LogP contribution in [-0.4, -0.2) is 30.8 Å². The van der Waals surface area contributed by atoms with Crippen LogP contribution >= 0.6 is 23.5 Å². The van der Waals surface area contributed by atoms with Crippen molar-refractivity contribution in [1.82, 2.24) is 19.2 Å². The molecule has 2 heterocycles. The first-order valence-electron chi connectivity index (χ1n) is 10.2. The summed E-state index contributed by atoms with van der Waals surface area (Å²) in [7, 11) is 1.67. The molecule has 0 fully saturated rings. The fourth-order valence-electron chi connectivity index (χ4n) is 3.50. The van der Waals surface area contributed by atoms with Crippen molar-refractivity contribution in [2.45, 2.75) is 14.9 Å². The van der Waals surface area contributed by atoms with Gasteiger partial charge in [0.2, 0.25) is 11.7 Å². The molecule has 0 spiro atoms. The van der Waals surface area contributed by atoms with E-state index in [-0.39, 0.29) is 17.2 Å². The number of nitrogens with one attached hydrogen (secondary N) is 1. The molecule has 9 heteroatoms. The van der Waals surface area contributed by atoms with Crippen LogP contribution in [0.4, 0.5) is 5.69 Å². The van der Waals surface area contributed by atoms with Crippen LogP contribution in [0, 0.1) is 0 Å². The van der Waals surface area contributed by atoms with Gasteiger partial charge in [-0.1, -0.05) is 66.0 Å². The van der Waals surface area contributed by atoms with Crippen molar-refractivity contribution in [3.63, 3.8) is 0 Å². The predicted molar refractivity (Wildman–Crippen MR) is 132 cm³/mol. The fourth-order valence-corrected chi connectivity index (χ4v) is 5.16. The first-order valence-corrected chi connectivity index (χ1v) is 12.0. The molecule has 5 aromatic rings. The third kappa shape index (κ3) is 4.24. The summed E-state index contributed by atoms with van der Waals surface area (Å²) in [6.07, 6.45) is 0. The molecule has 5 rings (SSSR count). The quantitative estimate of drug-likeness (QED) is 0.367. The van der Waals surface area contributed by atoms with E-state index in [1.165, 1.54) is 16.3 Å². The largest absolute Gasteiger partial charge is 0.324 e. The number of amides is 1. The van der Waals surface area contributed by atoms with Gasteiger partial charge in [-0.05, 0) is 36.4 Å². The number of aryl methyl sites for hydroxylation is 1. The number of para-hydroxylation sites is 2. The zero-order valence-electron chi connectivity index (χ0n) is 17.6. The molecule has 1 N–H and O–H groups in total. The third-order valence-electron chi connectivity index (χ3n) is 5.06. The number of anilines is 1. The highest BCUT2D eigenvalue weighted by atomic mass is 32.2. The van der Waals surface area contributed by atoms with Gasteiger partial charge in [0.05, 0.1) is 22.3 Å². The van der Waals surface area contributed by atoms with Gasteiger partial charge in [-0.15, -0.1) is 10.2 Å². The Morgan fingerprint density at radius 3 is 2.52 bits per heavy atom. The van der Waals surface area contributed by atoms with Gasteiger partial charge in [-0.3, -0.25) is 18.6 Å². The van der Waals surface area contributed by atoms with E-state index in [9.17, 15) is 9.59 Å². The first kappa shape index (κ1) is 21.3. The maximum absolute atomic E-state index is 12.8. The minimum Gasteiger partial charge on any atom is -0.324 e. The average Bonchev–Trinajstić information content (AvgIpc) is 3.27. The summed E-state index contributed by atoms with van der Waals surface area (Å²) in [6, 6.07) is 25.1. The van der Waals surface area contributed by atoms with Crippen molar-refractivity contribution >= 4 is 51.8 Å². The Morgan fingerprint density at radius 2 is 1.67 bits per heavy atom. The van der Waals surface area contributed by atoms with Crippen LogP contribution in [0.3, 0.4) is 0 Å². The lowest BCUT2D eigenvalue weighted by atomic mass is 10.2. The number of aromatic nitrogens is 4. The number of benzene rings is 3. The molecule has 0 bridgehead atoms. The topological polar surface area (TPSA) is 81.3 Å². The Balaban J connectivity index is 1.36. The standard InChI is InChI=1S/C24H19N5O2S2/c1-28-22(31)17-11-5-7-13-19(17)29-23(28)26-27-24(29)32-15-21(30)25-18-12-6-8-14-20(18)33-16-9-3-2-4-10-16/h2-14H,15H2,1H3,(H,25,30). The summed E-state index contributed by atoms with van der Waals surface area (Å²) in [6.45, 7) is 0. The normalized spacial score (nSPS) is 11.2. The van der Waals surface area contributed by atoms with E-state index >= 15 is 0 Å². The molecule has 0 unspecified atom stereocenters. The summed E-state index contributed by atoms with van der Waals surface area (Å²) in [5, 5.41) is 12.5. The minimum atomic E-state index is -0.146. The number of rotatable bonds is 6. The molecule has 0 aliphatic heterocycles. The van der Waals surface area contributed by atoms with Crippen LogP contribution in [0.1, 0.15) is 0 Å². The average molecular weight is 474 g/mol. The molecule has 3 aromatic carbocycles. The highest BCUT2D eigenvalue weighted by Crippen LogP contribution is 2.33. The number of nitrogens with zero attached hydrogens (tertiary/aromatic N) is 4. The van der Waals surface area contributed by atoms with Gasteiger partial charge in [0.15, 0.2) is 5.16 Å². The first-order chi connectivity index (χ1) is 16.1. The lowest BCUT2D eigenvalue weighted by Gasteiger charge is -2.11. The molecular formula is C24H19N5O2S2. The number of hydrogen-bond donors (Lipinski definition) is 1.